The van der Waals surface area contributed by atoms with E-state index >= 15 is 0 Å². The van der Waals surface area contributed by atoms with Crippen LogP contribution >= 0.6 is 11.3 Å². The lowest BCUT2D eigenvalue weighted by Gasteiger charge is -2.16. The fourth-order valence-electron chi connectivity index (χ4n) is 2.35. The van der Waals surface area contributed by atoms with Crippen molar-refractivity contribution >= 4 is 17.3 Å². The standard InChI is InChI=1S/C12H13N3O2S/c1-15-8(5-6-13-15)11-14-10-7(12(16)17)3-2-4-9(10)18-11/h5-7H,2-4H2,1H3,(H,16,17). The van der Waals surface area contributed by atoms with Crippen molar-refractivity contribution in [3.63, 3.8) is 0 Å². The number of carboxylic acids is 1. The number of thiazole rings is 1. The zero-order valence-corrected chi connectivity index (χ0v) is 10.8. The van der Waals surface area contributed by atoms with Crippen LogP contribution in [0.5, 0.6) is 0 Å². The molecule has 0 bridgehead atoms. The molecule has 0 spiro atoms. The van der Waals surface area contributed by atoms with Crippen molar-refractivity contribution in [3.05, 3.63) is 22.8 Å². The Kier molecular flexibility index (Phi) is 2.66. The predicted octanol–water partition coefficient (Wildman–Crippen LogP) is 2.05. The van der Waals surface area contributed by atoms with Gasteiger partial charge < -0.3 is 5.11 Å². The molecule has 18 heavy (non-hydrogen) atoms. The third kappa shape index (κ3) is 1.73. The van der Waals surface area contributed by atoms with Crippen molar-refractivity contribution in [1.82, 2.24) is 14.8 Å². The molecule has 0 saturated heterocycles. The maximum atomic E-state index is 11.2. The first kappa shape index (κ1) is 11.4. The number of rotatable bonds is 2. The quantitative estimate of drug-likeness (QED) is 0.900. The van der Waals surface area contributed by atoms with Gasteiger partial charge in [-0.1, -0.05) is 0 Å². The second-order valence-corrected chi connectivity index (χ2v) is 5.53. The van der Waals surface area contributed by atoms with E-state index in [-0.39, 0.29) is 0 Å². The summed E-state index contributed by atoms with van der Waals surface area (Å²) in [4.78, 5) is 16.9. The van der Waals surface area contributed by atoms with Gasteiger partial charge in [-0.3, -0.25) is 9.48 Å². The highest BCUT2D eigenvalue weighted by atomic mass is 32.1. The molecule has 1 aliphatic carbocycles. The molecular formula is C12H13N3O2S. The number of aryl methyl sites for hydroxylation is 2. The average Bonchev–Trinajstić information content (AvgIpc) is 2.92. The van der Waals surface area contributed by atoms with Crippen LogP contribution in [0.4, 0.5) is 0 Å². The molecule has 94 valence electrons. The highest BCUT2D eigenvalue weighted by molar-refractivity contribution is 7.15. The summed E-state index contributed by atoms with van der Waals surface area (Å²) >= 11 is 1.59. The Labute approximate surface area is 108 Å². The minimum absolute atomic E-state index is 0.438. The van der Waals surface area contributed by atoms with Crippen LogP contribution in [0.15, 0.2) is 12.3 Å². The number of nitrogens with zero attached hydrogens (tertiary/aromatic N) is 3. The van der Waals surface area contributed by atoms with Crippen LogP contribution in [0, 0.1) is 0 Å². The molecule has 1 aliphatic rings. The Hall–Kier alpha value is -1.69. The first-order valence-corrected chi connectivity index (χ1v) is 6.69. The number of carbonyl (C=O) groups is 1. The molecule has 2 aromatic heterocycles. The topological polar surface area (TPSA) is 68.0 Å². The van der Waals surface area contributed by atoms with Gasteiger partial charge in [0.25, 0.3) is 0 Å². The summed E-state index contributed by atoms with van der Waals surface area (Å²) in [6.07, 6.45) is 4.28. The largest absolute Gasteiger partial charge is 0.481 e. The van der Waals surface area contributed by atoms with Gasteiger partial charge in [0.15, 0.2) is 0 Å². The molecule has 0 aliphatic heterocycles. The summed E-state index contributed by atoms with van der Waals surface area (Å²) in [6.45, 7) is 0. The van der Waals surface area contributed by atoms with E-state index in [1.54, 1.807) is 22.2 Å². The van der Waals surface area contributed by atoms with Crippen molar-refractivity contribution in [2.75, 3.05) is 0 Å². The van der Waals surface area contributed by atoms with Crippen molar-refractivity contribution in [3.8, 4) is 10.7 Å². The molecule has 3 rings (SSSR count). The van der Waals surface area contributed by atoms with Gasteiger partial charge in [-0.2, -0.15) is 5.10 Å². The first-order valence-electron chi connectivity index (χ1n) is 5.87. The summed E-state index contributed by atoms with van der Waals surface area (Å²) < 4.78 is 1.76. The van der Waals surface area contributed by atoms with E-state index in [1.165, 1.54) is 0 Å². The molecular weight excluding hydrogens is 250 g/mol. The van der Waals surface area contributed by atoms with E-state index in [9.17, 15) is 9.90 Å². The van der Waals surface area contributed by atoms with E-state index < -0.39 is 11.9 Å². The van der Waals surface area contributed by atoms with Crippen LogP contribution in [-0.4, -0.2) is 25.8 Å². The van der Waals surface area contributed by atoms with Crippen LogP contribution in [0.3, 0.4) is 0 Å². The second-order valence-electron chi connectivity index (χ2n) is 4.45. The van der Waals surface area contributed by atoms with Gasteiger partial charge in [-0.15, -0.1) is 11.3 Å². The number of hydrogen-bond donors (Lipinski definition) is 1. The normalized spacial score (nSPS) is 18.6. The van der Waals surface area contributed by atoms with Gasteiger partial charge in [0, 0.05) is 18.1 Å². The number of aromatic nitrogens is 3. The lowest BCUT2D eigenvalue weighted by molar-refractivity contribution is -0.139. The van der Waals surface area contributed by atoms with Crippen molar-refractivity contribution in [1.29, 1.82) is 0 Å². The number of carboxylic acid groups (broad SMARTS) is 1. The Morgan fingerprint density at radius 2 is 2.44 bits per heavy atom. The van der Waals surface area contributed by atoms with Crippen LogP contribution in [-0.2, 0) is 18.3 Å². The maximum absolute atomic E-state index is 11.2. The van der Waals surface area contributed by atoms with Crippen molar-refractivity contribution < 1.29 is 9.90 Å². The van der Waals surface area contributed by atoms with Gasteiger partial charge in [0.1, 0.15) is 10.9 Å². The van der Waals surface area contributed by atoms with E-state index in [0.717, 1.165) is 34.1 Å². The number of aliphatic carboxylic acids is 1. The molecule has 0 amide bonds. The van der Waals surface area contributed by atoms with Gasteiger partial charge in [-0.25, -0.2) is 4.98 Å². The second kappa shape index (κ2) is 4.20. The zero-order chi connectivity index (χ0) is 12.7. The third-order valence-electron chi connectivity index (χ3n) is 3.29. The predicted molar refractivity (Wildman–Crippen MR) is 67.6 cm³/mol. The van der Waals surface area contributed by atoms with Crippen LogP contribution < -0.4 is 0 Å². The zero-order valence-electron chi connectivity index (χ0n) is 9.96. The number of fused-ring (bicyclic) bond motifs is 1. The average molecular weight is 263 g/mol. The fraction of sp³-hybridized carbons (Fsp3) is 0.417. The summed E-state index contributed by atoms with van der Waals surface area (Å²) in [5.74, 6) is -1.20. The van der Waals surface area contributed by atoms with Gasteiger partial charge in [0.2, 0.25) is 0 Å². The Morgan fingerprint density at radius 3 is 3.11 bits per heavy atom. The molecule has 5 nitrogen and oxygen atoms in total. The van der Waals surface area contributed by atoms with Gasteiger partial charge in [0.05, 0.1) is 11.4 Å². The van der Waals surface area contributed by atoms with Gasteiger partial charge >= 0.3 is 5.97 Å². The lowest BCUT2D eigenvalue weighted by atomic mass is 9.91. The highest BCUT2D eigenvalue weighted by Gasteiger charge is 2.30. The molecule has 1 unspecified atom stereocenters. The molecule has 0 radical (unpaired) electrons. The summed E-state index contributed by atoms with van der Waals surface area (Å²) in [5.41, 5.74) is 1.70. The molecule has 1 atom stereocenters. The van der Waals surface area contributed by atoms with Crippen LogP contribution in [0.25, 0.3) is 10.7 Å². The molecule has 2 aromatic rings. The van der Waals surface area contributed by atoms with E-state index in [4.69, 9.17) is 0 Å². The molecule has 2 heterocycles. The Morgan fingerprint density at radius 1 is 1.61 bits per heavy atom. The van der Waals surface area contributed by atoms with Gasteiger partial charge in [-0.05, 0) is 25.3 Å². The summed E-state index contributed by atoms with van der Waals surface area (Å²) in [5, 5.41) is 14.2. The first-order chi connectivity index (χ1) is 8.66. The minimum Gasteiger partial charge on any atom is -0.481 e. The summed E-state index contributed by atoms with van der Waals surface area (Å²) in [7, 11) is 1.87. The molecule has 0 saturated carbocycles. The van der Waals surface area contributed by atoms with E-state index in [2.05, 4.69) is 10.1 Å². The molecule has 0 aromatic carbocycles. The Bertz CT molecular complexity index is 602. The maximum Gasteiger partial charge on any atom is 0.312 e. The minimum atomic E-state index is -0.766. The lowest BCUT2D eigenvalue weighted by Crippen LogP contribution is -2.17. The smallest absolute Gasteiger partial charge is 0.312 e. The van der Waals surface area contributed by atoms with Crippen molar-refractivity contribution in [2.24, 2.45) is 7.05 Å². The molecule has 0 fully saturated rings. The fourth-order valence-corrected chi connectivity index (χ4v) is 3.57. The van der Waals surface area contributed by atoms with Crippen molar-refractivity contribution in [2.45, 2.75) is 25.2 Å². The third-order valence-corrected chi connectivity index (χ3v) is 4.45. The van der Waals surface area contributed by atoms with Crippen LogP contribution in [0.2, 0.25) is 0 Å². The summed E-state index contributed by atoms with van der Waals surface area (Å²) in [6, 6.07) is 1.90. The monoisotopic (exact) mass is 263 g/mol. The van der Waals surface area contributed by atoms with Crippen LogP contribution in [0.1, 0.15) is 29.3 Å². The van der Waals surface area contributed by atoms with E-state index in [0.29, 0.717) is 6.42 Å². The van der Waals surface area contributed by atoms with E-state index in [1.807, 2.05) is 13.1 Å². The molecule has 1 N–H and O–H groups in total. The Balaban J connectivity index is 2.06. The SMILES string of the molecule is Cn1nccc1-c1nc2c(s1)CCCC2C(=O)O. The highest BCUT2D eigenvalue weighted by Crippen LogP contribution is 2.38. The molecule has 6 heteroatoms. The number of hydrogen-bond acceptors (Lipinski definition) is 4.